The number of hydrogen-bond donors (Lipinski definition) is 0. The van der Waals surface area contributed by atoms with E-state index in [-0.39, 0.29) is 29.1 Å². The van der Waals surface area contributed by atoms with E-state index >= 15 is 0 Å². The molecule has 1 amide bonds. The Morgan fingerprint density at radius 1 is 1.23 bits per heavy atom. The summed E-state index contributed by atoms with van der Waals surface area (Å²) >= 11 is 0. The number of aryl methyl sites for hydroxylation is 1. The molecule has 26 heavy (non-hydrogen) atoms. The first-order valence-corrected chi connectivity index (χ1v) is 9.39. The maximum Gasteiger partial charge on any atom is 0.227 e. The van der Waals surface area contributed by atoms with Crippen molar-refractivity contribution < 1.29 is 14.0 Å². The molecule has 1 aliphatic carbocycles. The van der Waals surface area contributed by atoms with E-state index in [0.29, 0.717) is 17.7 Å². The van der Waals surface area contributed by atoms with Gasteiger partial charge >= 0.3 is 0 Å². The lowest BCUT2D eigenvalue weighted by atomic mass is 9.75. The Hall–Kier alpha value is -2.10. The average molecular weight is 355 g/mol. The van der Waals surface area contributed by atoms with Crippen molar-refractivity contribution >= 4 is 11.7 Å². The molecule has 0 saturated carbocycles. The molecule has 3 rings (SSSR count). The first-order chi connectivity index (χ1) is 12.2. The van der Waals surface area contributed by atoms with Crippen molar-refractivity contribution in [2.75, 3.05) is 6.54 Å². The van der Waals surface area contributed by atoms with Gasteiger partial charge in [-0.25, -0.2) is 0 Å². The lowest BCUT2D eigenvalue weighted by Gasteiger charge is -2.52. The summed E-state index contributed by atoms with van der Waals surface area (Å²) in [6.45, 7) is 14.5. The largest absolute Gasteiger partial charge is 0.465 e. The highest BCUT2D eigenvalue weighted by molar-refractivity contribution is 6.01. The standard InChI is InChI=1S/C22H29NO3/c1-6-8-22(9-7-2)10-11-23(22)19(25)12-16-15(3)26-18-14-21(4,5)13-17(24)20(16)18/h6-7H,1-2,8-14H2,3-5H3. The van der Waals surface area contributed by atoms with Crippen molar-refractivity contribution in [3.63, 3.8) is 0 Å². The van der Waals surface area contributed by atoms with Crippen molar-refractivity contribution in [3.8, 4) is 0 Å². The SMILES string of the molecule is C=CCC1(CC=C)CCN1C(=O)Cc1c(C)oc2c1C(=O)CC(C)(C)C2. The Morgan fingerprint density at radius 2 is 1.88 bits per heavy atom. The summed E-state index contributed by atoms with van der Waals surface area (Å²) in [5, 5.41) is 0. The highest BCUT2D eigenvalue weighted by atomic mass is 16.3. The fourth-order valence-corrected chi connectivity index (χ4v) is 4.54. The summed E-state index contributed by atoms with van der Waals surface area (Å²) < 4.78 is 5.90. The van der Waals surface area contributed by atoms with Crippen molar-refractivity contribution in [1.82, 2.24) is 4.90 Å². The van der Waals surface area contributed by atoms with Crippen LogP contribution in [0.5, 0.6) is 0 Å². The molecule has 0 atom stereocenters. The second kappa shape index (κ2) is 6.57. The van der Waals surface area contributed by atoms with Crippen molar-refractivity contribution in [2.45, 2.75) is 64.8 Å². The molecule has 2 aliphatic rings. The quantitative estimate of drug-likeness (QED) is 0.710. The van der Waals surface area contributed by atoms with Crippen LogP contribution in [0.15, 0.2) is 29.7 Å². The van der Waals surface area contributed by atoms with Gasteiger partial charge in [0.25, 0.3) is 0 Å². The Morgan fingerprint density at radius 3 is 2.42 bits per heavy atom. The first kappa shape index (κ1) is 18.7. The lowest BCUT2D eigenvalue weighted by molar-refractivity contribution is -0.146. The highest BCUT2D eigenvalue weighted by Crippen LogP contribution is 2.41. The predicted molar refractivity (Wildman–Crippen MR) is 102 cm³/mol. The van der Waals surface area contributed by atoms with E-state index < -0.39 is 0 Å². The third-order valence-electron chi connectivity index (χ3n) is 5.89. The minimum Gasteiger partial charge on any atom is -0.465 e. The van der Waals surface area contributed by atoms with Crippen LogP contribution in [0.2, 0.25) is 0 Å². The minimum absolute atomic E-state index is 0.0595. The molecule has 0 bridgehead atoms. The molecule has 0 radical (unpaired) electrons. The van der Waals surface area contributed by atoms with Gasteiger partial charge in [0.1, 0.15) is 11.5 Å². The van der Waals surface area contributed by atoms with E-state index in [4.69, 9.17) is 4.42 Å². The van der Waals surface area contributed by atoms with Crippen LogP contribution in [0.25, 0.3) is 0 Å². The van der Waals surface area contributed by atoms with Crippen LogP contribution in [0.3, 0.4) is 0 Å². The maximum atomic E-state index is 13.0. The van der Waals surface area contributed by atoms with Crippen LogP contribution in [0.4, 0.5) is 0 Å². The molecule has 1 aromatic rings. The minimum atomic E-state index is -0.190. The molecule has 0 unspecified atom stereocenters. The van der Waals surface area contributed by atoms with Gasteiger partial charge in [-0.15, -0.1) is 13.2 Å². The number of fused-ring (bicyclic) bond motifs is 1. The molecule has 1 fully saturated rings. The van der Waals surface area contributed by atoms with E-state index in [9.17, 15) is 9.59 Å². The van der Waals surface area contributed by atoms with Gasteiger partial charge in [-0.2, -0.15) is 0 Å². The van der Waals surface area contributed by atoms with Gasteiger partial charge in [-0.1, -0.05) is 26.0 Å². The number of nitrogens with zero attached hydrogens (tertiary/aromatic N) is 1. The van der Waals surface area contributed by atoms with E-state index in [1.165, 1.54) is 0 Å². The number of carbonyl (C=O) groups is 2. The van der Waals surface area contributed by atoms with Crippen LogP contribution < -0.4 is 0 Å². The summed E-state index contributed by atoms with van der Waals surface area (Å²) in [6.07, 6.45) is 7.71. The van der Waals surface area contributed by atoms with Gasteiger partial charge in [0.15, 0.2) is 5.78 Å². The molecule has 1 aliphatic heterocycles. The predicted octanol–water partition coefficient (Wildman–Crippen LogP) is 4.41. The van der Waals surface area contributed by atoms with Crippen LogP contribution in [-0.4, -0.2) is 28.7 Å². The Bertz CT molecular complexity index is 759. The third kappa shape index (κ3) is 3.06. The number of amides is 1. The zero-order valence-corrected chi connectivity index (χ0v) is 16.2. The molecular weight excluding hydrogens is 326 g/mol. The van der Waals surface area contributed by atoms with Crippen LogP contribution in [0, 0.1) is 12.3 Å². The van der Waals surface area contributed by atoms with E-state index in [1.54, 1.807) is 0 Å². The maximum absolute atomic E-state index is 13.0. The summed E-state index contributed by atoms with van der Waals surface area (Å²) in [7, 11) is 0. The topological polar surface area (TPSA) is 50.5 Å². The van der Waals surface area contributed by atoms with Crippen molar-refractivity contribution in [2.24, 2.45) is 5.41 Å². The Balaban J connectivity index is 1.85. The smallest absolute Gasteiger partial charge is 0.227 e. The Kier molecular flexibility index (Phi) is 4.72. The summed E-state index contributed by atoms with van der Waals surface area (Å²) in [6, 6.07) is 0. The molecule has 2 heterocycles. The summed E-state index contributed by atoms with van der Waals surface area (Å²) in [5.41, 5.74) is 1.16. The monoisotopic (exact) mass is 355 g/mol. The molecule has 4 nitrogen and oxygen atoms in total. The Labute approximate surface area is 155 Å². The molecule has 1 aromatic heterocycles. The number of rotatable bonds is 6. The average Bonchev–Trinajstić information content (AvgIpc) is 2.80. The van der Waals surface area contributed by atoms with Crippen molar-refractivity contribution in [1.29, 1.82) is 0 Å². The molecular formula is C22H29NO3. The zero-order valence-electron chi connectivity index (χ0n) is 16.2. The second-order valence-corrected chi connectivity index (χ2v) is 8.56. The van der Waals surface area contributed by atoms with Gasteiger partial charge in [-0.05, 0) is 31.6 Å². The van der Waals surface area contributed by atoms with E-state index in [1.807, 2.05) is 24.0 Å². The normalized spacial score (nSPS) is 20.3. The number of furan rings is 1. The fraction of sp³-hybridized carbons (Fsp3) is 0.545. The molecule has 4 heteroatoms. The highest BCUT2D eigenvalue weighted by Gasteiger charge is 2.46. The molecule has 0 spiro atoms. The van der Waals surface area contributed by atoms with E-state index in [0.717, 1.165) is 43.6 Å². The van der Waals surface area contributed by atoms with Gasteiger partial charge in [0.2, 0.25) is 5.91 Å². The van der Waals surface area contributed by atoms with Crippen molar-refractivity contribution in [3.05, 3.63) is 48.0 Å². The van der Waals surface area contributed by atoms with Gasteiger partial charge in [0.05, 0.1) is 17.5 Å². The number of hydrogen-bond acceptors (Lipinski definition) is 3. The van der Waals surface area contributed by atoms with Crippen LogP contribution in [-0.2, 0) is 17.6 Å². The lowest BCUT2D eigenvalue weighted by Crippen LogP contribution is -2.62. The van der Waals surface area contributed by atoms with Crippen LogP contribution >= 0.6 is 0 Å². The first-order valence-electron chi connectivity index (χ1n) is 9.39. The third-order valence-corrected chi connectivity index (χ3v) is 5.89. The molecule has 1 saturated heterocycles. The molecule has 0 N–H and O–H groups in total. The number of likely N-dealkylation sites (tertiary alicyclic amines) is 1. The molecule has 0 aromatic carbocycles. The van der Waals surface area contributed by atoms with Gasteiger partial charge in [0, 0.05) is 24.9 Å². The zero-order chi connectivity index (χ0) is 19.1. The second-order valence-electron chi connectivity index (χ2n) is 8.56. The fourth-order valence-electron chi connectivity index (χ4n) is 4.54. The summed E-state index contributed by atoms with van der Waals surface area (Å²) in [4.78, 5) is 27.7. The molecule has 140 valence electrons. The van der Waals surface area contributed by atoms with E-state index in [2.05, 4.69) is 27.0 Å². The number of Topliss-reactive ketones (excluding diaryl/α,β-unsaturated/α-hetero) is 1. The number of ketones is 1. The van der Waals surface area contributed by atoms with Gasteiger partial charge in [-0.3, -0.25) is 9.59 Å². The summed E-state index contributed by atoms with van der Waals surface area (Å²) in [5.74, 6) is 1.61. The number of carbonyl (C=O) groups excluding carboxylic acids is 2. The van der Waals surface area contributed by atoms with Crippen LogP contribution in [0.1, 0.15) is 67.0 Å². The van der Waals surface area contributed by atoms with Gasteiger partial charge < -0.3 is 9.32 Å².